The molecule has 0 bridgehead atoms. The zero-order chi connectivity index (χ0) is 24.9. The van der Waals surface area contributed by atoms with Gasteiger partial charge >= 0.3 is 0 Å². The Hall–Kier alpha value is -2.91. The predicted molar refractivity (Wildman–Crippen MR) is 137 cm³/mol. The van der Waals surface area contributed by atoms with Crippen LogP contribution >= 0.6 is 0 Å². The molecule has 1 aliphatic heterocycles. The SMILES string of the molecule is CCN(CC)CC/C=C/CCS(=O)(=O)Nc1c(C)[nH]c(/C=C2\C(=O)Nc3ccc(F)cc32)c1C. The molecule has 0 fully saturated rings. The number of fused-ring (bicyclic) bond motifs is 1. The summed E-state index contributed by atoms with van der Waals surface area (Å²) >= 11 is 0. The van der Waals surface area contributed by atoms with Crippen LogP contribution in [0.1, 0.15) is 49.2 Å². The lowest BCUT2D eigenvalue weighted by atomic mass is 10.0. The predicted octanol–water partition coefficient (Wildman–Crippen LogP) is 4.68. The topological polar surface area (TPSA) is 94.3 Å². The van der Waals surface area contributed by atoms with Gasteiger partial charge in [0.05, 0.1) is 17.0 Å². The molecule has 3 N–H and O–H groups in total. The van der Waals surface area contributed by atoms with Gasteiger partial charge in [0.15, 0.2) is 0 Å². The number of rotatable bonds is 11. The summed E-state index contributed by atoms with van der Waals surface area (Å²) in [6.45, 7) is 10.8. The maximum absolute atomic E-state index is 13.7. The number of H-pyrrole nitrogens is 1. The van der Waals surface area contributed by atoms with E-state index in [9.17, 15) is 17.6 Å². The summed E-state index contributed by atoms with van der Waals surface area (Å²) in [5.74, 6) is -0.789. The van der Waals surface area contributed by atoms with Crippen LogP contribution in [0.2, 0.25) is 0 Å². The largest absolute Gasteiger partial charge is 0.357 e. The van der Waals surface area contributed by atoms with Crippen LogP contribution in [0.25, 0.3) is 11.6 Å². The Labute approximate surface area is 201 Å². The molecule has 0 unspecified atom stereocenters. The Balaban J connectivity index is 1.68. The van der Waals surface area contributed by atoms with Gasteiger partial charge in [-0.15, -0.1) is 0 Å². The number of sulfonamides is 1. The number of benzene rings is 1. The third-order valence-corrected chi connectivity index (χ3v) is 7.30. The fourth-order valence-corrected chi connectivity index (χ4v) is 5.15. The summed E-state index contributed by atoms with van der Waals surface area (Å²) in [7, 11) is -3.55. The smallest absolute Gasteiger partial charge is 0.256 e. The lowest BCUT2D eigenvalue weighted by Gasteiger charge is -2.16. The number of aryl methyl sites for hydroxylation is 1. The summed E-state index contributed by atoms with van der Waals surface area (Å²) < 4.78 is 41.7. The van der Waals surface area contributed by atoms with Gasteiger partial charge in [-0.2, -0.15) is 0 Å². The van der Waals surface area contributed by atoms with Crippen LogP contribution < -0.4 is 10.0 Å². The van der Waals surface area contributed by atoms with Crippen molar-refractivity contribution in [2.24, 2.45) is 0 Å². The first-order valence-electron chi connectivity index (χ1n) is 11.5. The molecular formula is C25H33FN4O3S. The van der Waals surface area contributed by atoms with E-state index in [0.29, 0.717) is 45.9 Å². The van der Waals surface area contributed by atoms with Crippen molar-refractivity contribution in [3.8, 4) is 0 Å². The molecule has 0 spiro atoms. The summed E-state index contributed by atoms with van der Waals surface area (Å²) in [4.78, 5) is 17.9. The number of halogens is 1. The van der Waals surface area contributed by atoms with Crippen molar-refractivity contribution in [1.82, 2.24) is 9.88 Å². The number of hydrogen-bond acceptors (Lipinski definition) is 4. The molecule has 9 heteroatoms. The Morgan fingerprint density at radius 1 is 1.12 bits per heavy atom. The van der Waals surface area contributed by atoms with Crippen molar-refractivity contribution in [3.63, 3.8) is 0 Å². The molecule has 34 heavy (non-hydrogen) atoms. The van der Waals surface area contributed by atoms with Gasteiger partial charge < -0.3 is 15.2 Å². The van der Waals surface area contributed by atoms with E-state index >= 15 is 0 Å². The third-order valence-electron chi connectivity index (χ3n) is 6.01. The molecule has 1 amide bonds. The molecule has 184 valence electrons. The lowest BCUT2D eigenvalue weighted by molar-refractivity contribution is -0.110. The monoisotopic (exact) mass is 488 g/mol. The van der Waals surface area contributed by atoms with Crippen molar-refractivity contribution in [2.45, 2.75) is 40.5 Å². The quantitative estimate of drug-likeness (QED) is 0.316. The minimum absolute atomic E-state index is 0.0235. The van der Waals surface area contributed by atoms with Crippen molar-refractivity contribution in [1.29, 1.82) is 0 Å². The first kappa shape index (κ1) is 25.7. The Morgan fingerprint density at radius 3 is 2.53 bits per heavy atom. The van der Waals surface area contributed by atoms with Gasteiger partial charge in [-0.25, -0.2) is 12.8 Å². The summed E-state index contributed by atoms with van der Waals surface area (Å²) in [5.41, 5.74) is 3.71. The molecule has 2 heterocycles. The van der Waals surface area contributed by atoms with E-state index in [0.717, 1.165) is 26.1 Å². The van der Waals surface area contributed by atoms with E-state index < -0.39 is 15.8 Å². The van der Waals surface area contributed by atoms with E-state index in [4.69, 9.17) is 0 Å². The molecule has 0 saturated carbocycles. The van der Waals surface area contributed by atoms with Gasteiger partial charge in [0.1, 0.15) is 5.82 Å². The van der Waals surface area contributed by atoms with E-state index in [-0.39, 0.29) is 11.7 Å². The molecule has 1 aliphatic rings. The standard InChI is InChI=1S/C25H33FN4O3S/c1-5-30(6-2)13-9-7-8-10-14-34(32,33)29-24-17(3)23(27-18(24)4)16-21-20-15-19(26)11-12-22(20)28-25(21)31/h7-8,11-12,15-16,27,29H,5-6,9-10,13-14H2,1-4H3,(H,28,31)/b8-7+,21-16-. The minimum Gasteiger partial charge on any atom is -0.357 e. The minimum atomic E-state index is -3.55. The van der Waals surface area contributed by atoms with Crippen molar-refractivity contribution in [3.05, 3.63) is 58.7 Å². The second-order valence-electron chi connectivity index (χ2n) is 8.36. The number of carbonyl (C=O) groups excluding carboxylic acids is 1. The van der Waals surface area contributed by atoms with Gasteiger partial charge in [0, 0.05) is 29.2 Å². The van der Waals surface area contributed by atoms with E-state index in [1.807, 2.05) is 12.2 Å². The number of nitrogens with zero attached hydrogens (tertiary/aromatic N) is 1. The summed E-state index contributed by atoms with van der Waals surface area (Å²) in [6, 6.07) is 4.12. The first-order valence-corrected chi connectivity index (χ1v) is 13.2. The number of anilines is 2. The average Bonchev–Trinajstić information content (AvgIpc) is 3.23. The zero-order valence-corrected chi connectivity index (χ0v) is 21.0. The summed E-state index contributed by atoms with van der Waals surface area (Å²) in [5, 5.41) is 2.72. The molecule has 0 aliphatic carbocycles. The zero-order valence-electron chi connectivity index (χ0n) is 20.2. The van der Waals surface area contributed by atoms with Gasteiger partial charge in [0.2, 0.25) is 10.0 Å². The lowest BCUT2D eigenvalue weighted by Crippen LogP contribution is -2.23. The number of aromatic nitrogens is 1. The number of carbonyl (C=O) groups is 1. The van der Waals surface area contributed by atoms with Crippen molar-refractivity contribution >= 4 is 39.0 Å². The molecule has 3 rings (SSSR count). The highest BCUT2D eigenvalue weighted by molar-refractivity contribution is 7.92. The van der Waals surface area contributed by atoms with Crippen LogP contribution in [0.4, 0.5) is 15.8 Å². The van der Waals surface area contributed by atoms with Crippen LogP contribution in [0, 0.1) is 19.7 Å². The Bertz CT molecular complexity index is 1210. The molecule has 0 saturated heterocycles. The van der Waals surface area contributed by atoms with Crippen molar-refractivity contribution < 1.29 is 17.6 Å². The third kappa shape index (κ3) is 6.15. The number of nitrogens with one attached hydrogen (secondary N) is 3. The number of amides is 1. The van der Waals surface area contributed by atoms with Crippen LogP contribution in [0.5, 0.6) is 0 Å². The van der Waals surface area contributed by atoms with Gasteiger partial charge in [-0.1, -0.05) is 26.0 Å². The van der Waals surface area contributed by atoms with Gasteiger partial charge in [0.25, 0.3) is 5.91 Å². The van der Waals surface area contributed by atoms with Gasteiger partial charge in [-0.05, 0) is 69.6 Å². The molecule has 0 radical (unpaired) electrons. The van der Waals surface area contributed by atoms with Crippen LogP contribution in [0.15, 0.2) is 30.4 Å². The van der Waals surface area contributed by atoms with Crippen molar-refractivity contribution in [2.75, 3.05) is 35.4 Å². The van der Waals surface area contributed by atoms with Crippen LogP contribution in [0.3, 0.4) is 0 Å². The highest BCUT2D eigenvalue weighted by atomic mass is 32.2. The normalized spacial score (nSPS) is 14.9. The molecule has 7 nitrogen and oxygen atoms in total. The maximum atomic E-state index is 13.7. The second kappa shape index (κ2) is 11.0. The molecule has 1 aromatic heterocycles. The van der Waals surface area contributed by atoms with E-state index in [1.165, 1.54) is 18.2 Å². The Kier molecular flexibility index (Phi) is 8.33. The number of aromatic amines is 1. The Morgan fingerprint density at radius 2 is 1.82 bits per heavy atom. The molecule has 1 aromatic carbocycles. The highest BCUT2D eigenvalue weighted by Crippen LogP contribution is 2.35. The molecule has 0 atom stereocenters. The number of allylic oxidation sites excluding steroid dienone is 1. The first-order chi connectivity index (χ1) is 16.1. The van der Waals surface area contributed by atoms with E-state index in [1.54, 1.807) is 19.9 Å². The number of hydrogen-bond donors (Lipinski definition) is 3. The fraction of sp³-hybridized carbons (Fsp3) is 0.400. The van der Waals surface area contributed by atoms with Crippen LogP contribution in [-0.4, -0.2) is 49.6 Å². The van der Waals surface area contributed by atoms with Crippen LogP contribution in [-0.2, 0) is 14.8 Å². The maximum Gasteiger partial charge on any atom is 0.256 e. The second-order valence-corrected chi connectivity index (χ2v) is 10.2. The van der Waals surface area contributed by atoms with Gasteiger partial charge in [-0.3, -0.25) is 9.52 Å². The summed E-state index contributed by atoms with van der Waals surface area (Å²) in [6.07, 6.45) is 6.88. The fourth-order valence-electron chi connectivity index (χ4n) is 3.98. The average molecular weight is 489 g/mol. The van der Waals surface area contributed by atoms with E-state index in [2.05, 4.69) is 33.8 Å². The molecular weight excluding hydrogens is 455 g/mol. The molecule has 2 aromatic rings. The highest BCUT2D eigenvalue weighted by Gasteiger charge is 2.25.